The van der Waals surface area contributed by atoms with Gasteiger partial charge in [-0.1, -0.05) is 6.07 Å². The van der Waals surface area contributed by atoms with E-state index in [0.717, 1.165) is 18.3 Å². The predicted molar refractivity (Wildman–Crippen MR) is 94.6 cm³/mol. The monoisotopic (exact) mass is 433 g/mol. The Balaban J connectivity index is 1.93. The molecule has 0 aliphatic carbocycles. The van der Waals surface area contributed by atoms with Crippen molar-refractivity contribution in [1.29, 1.82) is 0 Å². The molecule has 1 N–H and O–H groups in total. The van der Waals surface area contributed by atoms with Crippen LogP contribution in [-0.4, -0.2) is 48.3 Å². The SMILES string of the molecule is O=C(Nc1ccc(C(F)(F)C(F)(F)F)c(CN2CCOCC2)c1)c1cccnc1F. The lowest BCUT2D eigenvalue weighted by Crippen LogP contribution is -2.38. The highest BCUT2D eigenvalue weighted by Crippen LogP contribution is 2.45. The molecule has 1 fully saturated rings. The van der Waals surface area contributed by atoms with Gasteiger partial charge in [-0.25, -0.2) is 4.98 Å². The number of anilines is 1. The van der Waals surface area contributed by atoms with E-state index in [2.05, 4.69) is 10.3 Å². The maximum atomic E-state index is 14.1. The van der Waals surface area contributed by atoms with Crippen LogP contribution in [0.2, 0.25) is 0 Å². The topological polar surface area (TPSA) is 54.5 Å². The highest BCUT2D eigenvalue weighted by molar-refractivity contribution is 6.04. The van der Waals surface area contributed by atoms with Gasteiger partial charge in [0.2, 0.25) is 5.95 Å². The van der Waals surface area contributed by atoms with Crippen molar-refractivity contribution in [3.05, 3.63) is 59.2 Å². The molecular formula is C19H17F6N3O2. The fraction of sp³-hybridized carbons (Fsp3) is 0.368. The molecule has 0 saturated carbocycles. The summed E-state index contributed by atoms with van der Waals surface area (Å²) in [5, 5.41) is 2.31. The van der Waals surface area contributed by atoms with Crippen molar-refractivity contribution in [2.24, 2.45) is 0 Å². The number of aromatic nitrogens is 1. The standard InChI is InChI=1S/C19H17F6N3O2/c20-16-14(2-1-5-26-16)17(29)27-13-3-4-15(18(21,22)19(23,24)25)12(10-13)11-28-6-8-30-9-7-28/h1-5,10H,6-9,11H2,(H,27,29). The number of pyridine rings is 1. The van der Waals surface area contributed by atoms with E-state index < -0.39 is 35.1 Å². The Morgan fingerprint density at radius 3 is 2.47 bits per heavy atom. The molecule has 162 valence electrons. The third kappa shape index (κ3) is 4.73. The van der Waals surface area contributed by atoms with Crippen molar-refractivity contribution in [3.63, 3.8) is 0 Å². The Morgan fingerprint density at radius 1 is 1.13 bits per heavy atom. The second-order valence-electron chi connectivity index (χ2n) is 6.63. The Bertz CT molecular complexity index is 913. The molecular weight excluding hydrogens is 416 g/mol. The van der Waals surface area contributed by atoms with E-state index in [1.54, 1.807) is 4.90 Å². The molecule has 3 rings (SSSR count). The minimum atomic E-state index is -5.78. The maximum Gasteiger partial charge on any atom is 0.458 e. The number of morpholine rings is 1. The van der Waals surface area contributed by atoms with Gasteiger partial charge in [0, 0.05) is 37.1 Å². The number of nitrogens with one attached hydrogen (secondary N) is 1. The smallest absolute Gasteiger partial charge is 0.379 e. The minimum absolute atomic E-state index is 0.0479. The van der Waals surface area contributed by atoms with Gasteiger partial charge in [-0.05, 0) is 29.8 Å². The average molecular weight is 433 g/mol. The molecule has 30 heavy (non-hydrogen) atoms. The zero-order chi connectivity index (χ0) is 21.9. The van der Waals surface area contributed by atoms with E-state index in [1.807, 2.05) is 0 Å². The van der Waals surface area contributed by atoms with Crippen molar-refractivity contribution >= 4 is 11.6 Å². The van der Waals surface area contributed by atoms with Gasteiger partial charge in [0.1, 0.15) is 0 Å². The second kappa shape index (κ2) is 8.60. The number of hydrogen-bond acceptors (Lipinski definition) is 4. The largest absolute Gasteiger partial charge is 0.458 e. The quantitative estimate of drug-likeness (QED) is 0.573. The van der Waals surface area contributed by atoms with Crippen molar-refractivity contribution in [1.82, 2.24) is 9.88 Å². The number of rotatable bonds is 5. The number of halogens is 6. The van der Waals surface area contributed by atoms with Gasteiger partial charge in [0.15, 0.2) is 0 Å². The fourth-order valence-corrected chi connectivity index (χ4v) is 3.02. The molecule has 5 nitrogen and oxygen atoms in total. The number of benzene rings is 1. The summed E-state index contributed by atoms with van der Waals surface area (Å²) < 4.78 is 85.8. The zero-order valence-electron chi connectivity index (χ0n) is 15.5. The summed E-state index contributed by atoms with van der Waals surface area (Å²) in [4.78, 5) is 17.2. The Kier molecular flexibility index (Phi) is 6.32. The van der Waals surface area contributed by atoms with Crippen LogP contribution in [0.25, 0.3) is 0 Å². The van der Waals surface area contributed by atoms with Crippen LogP contribution in [-0.2, 0) is 17.2 Å². The third-order valence-electron chi connectivity index (χ3n) is 4.56. The van der Waals surface area contributed by atoms with E-state index in [9.17, 15) is 31.1 Å². The number of nitrogens with zero attached hydrogens (tertiary/aromatic N) is 2. The molecule has 0 bridgehead atoms. The second-order valence-corrected chi connectivity index (χ2v) is 6.63. The number of hydrogen-bond donors (Lipinski definition) is 1. The first-order chi connectivity index (χ1) is 14.1. The molecule has 1 aromatic heterocycles. The summed E-state index contributed by atoms with van der Waals surface area (Å²) in [6.07, 6.45) is -4.64. The van der Waals surface area contributed by atoms with E-state index in [4.69, 9.17) is 4.74 Å². The summed E-state index contributed by atoms with van der Waals surface area (Å²) in [6.45, 7) is 1.15. The molecule has 11 heteroatoms. The maximum absolute atomic E-state index is 14.1. The van der Waals surface area contributed by atoms with Gasteiger partial charge in [0.05, 0.1) is 18.8 Å². The van der Waals surface area contributed by atoms with Crippen molar-refractivity contribution in [2.75, 3.05) is 31.6 Å². The summed E-state index contributed by atoms with van der Waals surface area (Å²) in [7, 11) is 0. The van der Waals surface area contributed by atoms with Gasteiger partial charge in [-0.3, -0.25) is 9.69 Å². The molecule has 1 amide bonds. The van der Waals surface area contributed by atoms with E-state index in [0.29, 0.717) is 32.4 Å². The fourth-order valence-electron chi connectivity index (χ4n) is 3.02. The molecule has 1 aromatic carbocycles. The van der Waals surface area contributed by atoms with E-state index in [-0.39, 0.29) is 17.8 Å². The molecule has 0 spiro atoms. The normalized spacial score (nSPS) is 15.8. The molecule has 2 heterocycles. The van der Waals surface area contributed by atoms with Crippen LogP contribution in [0.1, 0.15) is 21.5 Å². The van der Waals surface area contributed by atoms with Crippen LogP contribution in [0.5, 0.6) is 0 Å². The molecule has 1 aliphatic heterocycles. The van der Waals surface area contributed by atoms with Crippen LogP contribution >= 0.6 is 0 Å². The number of ether oxygens (including phenoxy) is 1. The summed E-state index contributed by atoms with van der Waals surface area (Å²) >= 11 is 0. The van der Waals surface area contributed by atoms with Gasteiger partial charge < -0.3 is 10.1 Å². The minimum Gasteiger partial charge on any atom is -0.379 e. The van der Waals surface area contributed by atoms with Crippen molar-refractivity contribution < 1.29 is 35.9 Å². The Hall–Kier alpha value is -2.66. The lowest BCUT2D eigenvalue weighted by atomic mass is 9.99. The van der Waals surface area contributed by atoms with Crippen LogP contribution < -0.4 is 5.32 Å². The zero-order valence-corrected chi connectivity index (χ0v) is 15.5. The Morgan fingerprint density at radius 2 is 1.83 bits per heavy atom. The van der Waals surface area contributed by atoms with E-state index in [1.165, 1.54) is 12.1 Å². The van der Waals surface area contributed by atoms with Crippen LogP contribution in [0, 0.1) is 5.95 Å². The number of amides is 1. The van der Waals surface area contributed by atoms with Crippen LogP contribution in [0.4, 0.5) is 32.0 Å². The molecule has 1 saturated heterocycles. The van der Waals surface area contributed by atoms with Gasteiger partial charge in [0.25, 0.3) is 5.91 Å². The summed E-state index contributed by atoms with van der Waals surface area (Å²) in [5.41, 5.74) is -1.94. The molecule has 0 radical (unpaired) electrons. The molecule has 0 atom stereocenters. The predicted octanol–water partition coefficient (Wildman–Crippen LogP) is 3.96. The van der Waals surface area contributed by atoms with Crippen molar-refractivity contribution in [2.45, 2.75) is 18.6 Å². The van der Waals surface area contributed by atoms with Crippen LogP contribution in [0.15, 0.2) is 36.5 Å². The van der Waals surface area contributed by atoms with E-state index >= 15 is 0 Å². The lowest BCUT2D eigenvalue weighted by molar-refractivity contribution is -0.289. The first-order valence-corrected chi connectivity index (χ1v) is 8.89. The van der Waals surface area contributed by atoms with Crippen LogP contribution in [0.3, 0.4) is 0 Å². The molecule has 0 unspecified atom stereocenters. The summed E-state index contributed by atoms with van der Waals surface area (Å²) in [6, 6.07) is 5.08. The number of carbonyl (C=O) groups excluding carboxylic acids is 1. The molecule has 2 aromatic rings. The average Bonchev–Trinajstić information content (AvgIpc) is 2.68. The van der Waals surface area contributed by atoms with Gasteiger partial charge in [-0.15, -0.1) is 0 Å². The van der Waals surface area contributed by atoms with Gasteiger partial charge >= 0.3 is 12.1 Å². The first kappa shape index (κ1) is 22.0. The number of alkyl halides is 5. The highest BCUT2D eigenvalue weighted by atomic mass is 19.4. The molecule has 1 aliphatic rings. The van der Waals surface area contributed by atoms with Gasteiger partial charge in [-0.2, -0.15) is 26.3 Å². The Labute approximate surface area is 167 Å². The highest BCUT2D eigenvalue weighted by Gasteiger charge is 2.59. The van der Waals surface area contributed by atoms with Crippen molar-refractivity contribution in [3.8, 4) is 0 Å². The first-order valence-electron chi connectivity index (χ1n) is 8.89. The summed E-state index contributed by atoms with van der Waals surface area (Å²) in [5.74, 6) is -7.02. The number of carbonyl (C=O) groups is 1. The lowest BCUT2D eigenvalue weighted by Gasteiger charge is -2.29. The third-order valence-corrected chi connectivity index (χ3v) is 4.56.